The molecule has 0 aliphatic heterocycles. The average molecular weight is 532 g/mol. The van der Waals surface area contributed by atoms with Crippen LogP contribution in [0.5, 0.6) is 0 Å². The van der Waals surface area contributed by atoms with Crippen LogP contribution in [0.25, 0.3) is 11.1 Å². The van der Waals surface area contributed by atoms with Crippen molar-refractivity contribution in [3.8, 4) is 11.1 Å². The molecule has 0 saturated heterocycles. The zero-order valence-corrected chi connectivity index (χ0v) is 21.8. The number of nitrogens with one attached hydrogen (secondary N) is 5. The number of urea groups is 1. The SMILES string of the molecule is CC(CO)Nc1nc(Nc2ccc(S(C)(=N)=O)cc2)ncc1-c1ccc(NC(=O)Nc2ccccc2)cc1. The number of aliphatic hydroxyl groups is 1. The van der Waals surface area contributed by atoms with E-state index < -0.39 is 9.73 Å². The molecule has 0 fully saturated rings. The van der Waals surface area contributed by atoms with Gasteiger partial charge < -0.3 is 26.4 Å². The molecule has 11 heteroatoms. The highest BCUT2D eigenvalue weighted by Crippen LogP contribution is 2.29. The van der Waals surface area contributed by atoms with E-state index in [2.05, 4.69) is 31.2 Å². The van der Waals surface area contributed by atoms with E-state index in [0.29, 0.717) is 39.3 Å². The molecule has 3 aromatic carbocycles. The monoisotopic (exact) mass is 531 g/mol. The molecule has 0 bridgehead atoms. The number of carbonyl (C=O) groups excluding carboxylic acids is 1. The first-order valence-corrected chi connectivity index (χ1v) is 13.8. The van der Waals surface area contributed by atoms with E-state index in [1.807, 2.05) is 37.3 Å². The van der Waals surface area contributed by atoms with E-state index in [-0.39, 0.29) is 18.7 Å². The van der Waals surface area contributed by atoms with Gasteiger partial charge in [0.1, 0.15) is 5.82 Å². The van der Waals surface area contributed by atoms with Crippen LogP contribution in [-0.4, -0.2) is 44.2 Å². The van der Waals surface area contributed by atoms with Crippen molar-refractivity contribution in [1.29, 1.82) is 4.78 Å². The minimum absolute atomic E-state index is 0.0868. The highest BCUT2D eigenvalue weighted by atomic mass is 32.2. The van der Waals surface area contributed by atoms with Gasteiger partial charge in [-0.1, -0.05) is 30.3 Å². The standard InChI is InChI=1S/C27H29N7O3S/c1-18(17-35)30-25-24(16-29-26(34-25)31-21-12-14-23(15-13-21)38(2,28)37)19-8-10-22(11-9-19)33-27(36)32-20-6-4-3-5-7-20/h3-16,18,28,35H,17H2,1-2H3,(H2,32,33,36)(H2,29,30,31,34). The van der Waals surface area contributed by atoms with Crippen LogP contribution in [0.1, 0.15) is 6.92 Å². The van der Waals surface area contributed by atoms with Crippen molar-refractivity contribution in [3.63, 3.8) is 0 Å². The molecule has 1 aromatic heterocycles. The molecule has 2 atom stereocenters. The molecular weight excluding hydrogens is 502 g/mol. The number of aliphatic hydroxyl groups excluding tert-OH is 1. The number of amides is 2. The normalized spacial score (nSPS) is 13.1. The van der Waals surface area contributed by atoms with Crippen LogP contribution in [0.4, 0.5) is 33.6 Å². The number of hydrogen-bond acceptors (Lipinski definition) is 8. The Morgan fingerprint density at radius 2 is 1.55 bits per heavy atom. The molecule has 0 aliphatic carbocycles. The molecule has 0 spiro atoms. The molecule has 2 unspecified atom stereocenters. The smallest absolute Gasteiger partial charge is 0.323 e. The number of carbonyl (C=O) groups is 1. The summed E-state index contributed by atoms with van der Waals surface area (Å²) in [5.74, 6) is 0.846. The Morgan fingerprint density at radius 3 is 2.16 bits per heavy atom. The third kappa shape index (κ3) is 7.05. The number of aromatic nitrogens is 2. The molecule has 2 amide bonds. The lowest BCUT2D eigenvalue weighted by molar-refractivity contribution is 0.262. The van der Waals surface area contributed by atoms with Crippen LogP contribution >= 0.6 is 0 Å². The lowest BCUT2D eigenvalue weighted by Gasteiger charge is -2.17. The van der Waals surface area contributed by atoms with Crippen molar-refractivity contribution in [2.24, 2.45) is 0 Å². The summed E-state index contributed by atoms with van der Waals surface area (Å²) in [5, 5.41) is 21.5. The van der Waals surface area contributed by atoms with Crippen molar-refractivity contribution in [3.05, 3.63) is 85.1 Å². The lowest BCUT2D eigenvalue weighted by Crippen LogP contribution is -2.21. The molecule has 4 aromatic rings. The van der Waals surface area contributed by atoms with Gasteiger partial charge in [-0.3, -0.25) is 0 Å². The molecule has 1 heterocycles. The first-order chi connectivity index (χ1) is 18.2. The van der Waals surface area contributed by atoms with E-state index in [9.17, 15) is 14.1 Å². The average Bonchev–Trinajstić information content (AvgIpc) is 2.90. The number of nitrogens with zero attached hydrogens (tertiary/aromatic N) is 2. The Balaban J connectivity index is 1.52. The van der Waals surface area contributed by atoms with E-state index in [0.717, 1.165) is 5.56 Å². The van der Waals surface area contributed by atoms with E-state index in [1.165, 1.54) is 6.26 Å². The molecular formula is C27H29N7O3S. The van der Waals surface area contributed by atoms with Crippen molar-refractivity contribution in [1.82, 2.24) is 9.97 Å². The summed E-state index contributed by atoms with van der Waals surface area (Å²) >= 11 is 0. The summed E-state index contributed by atoms with van der Waals surface area (Å²) in [7, 11) is -2.80. The fourth-order valence-corrected chi connectivity index (χ4v) is 4.17. The lowest BCUT2D eigenvalue weighted by atomic mass is 10.1. The summed E-state index contributed by atoms with van der Waals surface area (Å²) in [6.45, 7) is 1.75. The molecule has 6 N–H and O–H groups in total. The van der Waals surface area contributed by atoms with Crippen molar-refractivity contribution >= 4 is 44.6 Å². The van der Waals surface area contributed by atoms with Crippen LogP contribution in [0.3, 0.4) is 0 Å². The highest BCUT2D eigenvalue weighted by Gasteiger charge is 2.13. The maximum atomic E-state index is 12.3. The van der Waals surface area contributed by atoms with Crippen LogP contribution in [0.15, 0.2) is 90.0 Å². The van der Waals surface area contributed by atoms with Crippen LogP contribution < -0.4 is 21.3 Å². The van der Waals surface area contributed by atoms with Gasteiger partial charge in [-0.15, -0.1) is 0 Å². The van der Waals surface area contributed by atoms with Crippen molar-refractivity contribution in [2.75, 3.05) is 34.1 Å². The predicted octanol–water partition coefficient (Wildman–Crippen LogP) is 5.36. The summed E-state index contributed by atoms with van der Waals surface area (Å²) in [5.41, 5.74) is 3.52. The minimum atomic E-state index is -2.80. The van der Waals surface area contributed by atoms with Gasteiger partial charge in [0.2, 0.25) is 5.95 Å². The van der Waals surface area contributed by atoms with Gasteiger partial charge >= 0.3 is 6.03 Å². The molecule has 0 radical (unpaired) electrons. The Morgan fingerprint density at radius 1 is 0.947 bits per heavy atom. The largest absolute Gasteiger partial charge is 0.394 e. The summed E-state index contributed by atoms with van der Waals surface area (Å²) in [4.78, 5) is 21.8. The predicted molar refractivity (Wildman–Crippen MR) is 151 cm³/mol. The maximum Gasteiger partial charge on any atom is 0.323 e. The van der Waals surface area contributed by atoms with Gasteiger partial charge in [0.15, 0.2) is 0 Å². The van der Waals surface area contributed by atoms with Crippen LogP contribution in [0.2, 0.25) is 0 Å². The second-order valence-electron chi connectivity index (χ2n) is 8.70. The fourth-order valence-electron chi connectivity index (χ4n) is 3.52. The zero-order chi connectivity index (χ0) is 27.1. The van der Waals surface area contributed by atoms with Gasteiger partial charge in [-0.2, -0.15) is 4.98 Å². The maximum absolute atomic E-state index is 12.3. The number of rotatable bonds is 9. The summed E-state index contributed by atoms with van der Waals surface area (Å²) in [6.07, 6.45) is 3.04. The van der Waals surface area contributed by atoms with Gasteiger partial charge in [0.25, 0.3) is 0 Å². The Kier molecular flexibility index (Phi) is 8.19. The van der Waals surface area contributed by atoms with Crippen molar-refractivity contribution < 1.29 is 14.1 Å². The molecule has 38 heavy (non-hydrogen) atoms. The minimum Gasteiger partial charge on any atom is -0.394 e. The summed E-state index contributed by atoms with van der Waals surface area (Å²) in [6, 6.07) is 22.5. The van der Waals surface area contributed by atoms with Crippen molar-refractivity contribution in [2.45, 2.75) is 17.9 Å². The Labute approximate surface area is 221 Å². The van der Waals surface area contributed by atoms with E-state index in [1.54, 1.807) is 54.7 Å². The third-order valence-electron chi connectivity index (χ3n) is 5.49. The van der Waals surface area contributed by atoms with Gasteiger partial charge in [-0.05, 0) is 61.0 Å². The Hall–Kier alpha value is -4.48. The summed E-state index contributed by atoms with van der Waals surface area (Å²) < 4.78 is 19.6. The van der Waals surface area contributed by atoms with Crippen LogP contribution in [-0.2, 0) is 9.73 Å². The number of anilines is 5. The number of para-hydroxylation sites is 1. The van der Waals surface area contributed by atoms with E-state index >= 15 is 0 Å². The fraction of sp³-hybridized carbons (Fsp3) is 0.148. The number of hydrogen-bond donors (Lipinski definition) is 6. The van der Waals surface area contributed by atoms with E-state index in [4.69, 9.17) is 4.78 Å². The second kappa shape index (κ2) is 11.7. The first-order valence-electron chi connectivity index (χ1n) is 11.8. The molecule has 4 rings (SSSR count). The number of benzene rings is 3. The first kappa shape index (κ1) is 26.6. The molecule has 10 nitrogen and oxygen atoms in total. The topological polar surface area (TPSA) is 152 Å². The Bertz CT molecular complexity index is 1490. The third-order valence-corrected chi connectivity index (χ3v) is 6.66. The van der Waals surface area contributed by atoms with Crippen LogP contribution in [0, 0.1) is 4.78 Å². The van der Waals surface area contributed by atoms with Gasteiger partial charge in [0, 0.05) is 46.0 Å². The quantitative estimate of drug-likeness (QED) is 0.170. The second-order valence-corrected chi connectivity index (χ2v) is 10.9. The van der Waals surface area contributed by atoms with Gasteiger partial charge in [0.05, 0.1) is 16.3 Å². The molecule has 0 aliphatic rings. The van der Waals surface area contributed by atoms with Gasteiger partial charge in [-0.25, -0.2) is 18.8 Å². The molecule has 0 saturated carbocycles. The highest BCUT2D eigenvalue weighted by molar-refractivity contribution is 7.91. The molecule has 196 valence electrons. The zero-order valence-electron chi connectivity index (χ0n) is 20.9.